The standard InChI is InChI=1S/C36H60N/c1-3-5-7-9-11-13-15-17-22-28-35-30-32-37(31-24-27-34-25-20-19-21-26-34)33-36(35)29-23-18-16-14-12-10-8-6-4-2/h19-21,25-26,30,32-33H,3-18,22-24,27-29,31H2,1-2H3/q+1. The normalized spacial score (nSPS) is 11.3. The summed E-state index contributed by atoms with van der Waals surface area (Å²) in [6.07, 6.45) is 35.2. The molecular formula is C36H60N+. The maximum Gasteiger partial charge on any atom is 0.172 e. The van der Waals surface area contributed by atoms with E-state index < -0.39 is 0 Å². The summed E-state index contributed by atoms with van der Waals surface area (Å²) in [6.45, 7) is 5.73. The third-order valence-corrected chi connectivity index (χ3v) is 8.03. The summed E-state index contributed by atoms with van der Waals surface area (Å²) >= 11 is 0. The van der Waals surface area contributed by atoms with Gasteiger partial charge in [-0.2, -0.15) is 0 Å². The molecule has 1 aromatic heterocycles. The van der Waals surface area contributed by atoms with Crippen LogP contribution in [0.2, 0.25) is 0 Å². The van der Waals surface area contributed by atoms with Gasteiger partial charge in [0.2, 0.25) is 0 Å². The quantitative estimate of drug-likeness (QED) is 0.0984. The van der Waals surface area contributed by atoms with Gasteiger partial charge in [-0.1, -0.05) is 147 Å². The first-order chi connectivity index (χ1) is 18.3. The van der Waals surface area contributed by atoms with Crippen molar-refractivity contribution in [1.82, 2.24) is 0 Å². The van der Waals surface area contributed by atoms with Gasteiger partial charge < -0.3 is 0 Å². The summed E-state index contributed by atoms with van der Waals surface area (Å²) in [5, 5.41) is 0. The fourth-order valence-corrected chi connectivity index (χ4v) is 5.59. The second-order valence-electron chi connectivity index (χ2n) is 11.5. The van der Waals surface area contributed by atoms with Gasteiger partial charge in [0.15, 0.2) is 12.4 Å². The van der Waals surface area contributed by atoms with Crippen molar-refractivity contribution in [2.45, 2.75) is 162 Å². The van der Waals surface area contributed by atoms with E-state index in [0.717, 1.165) is 6.54 Å². The van der Waals surface area contributed by atoms with Gasteiger partial charge in [-0.05, 0) is 43.2 Å². The van der Waals surface area contributed by atoms with E-state index in [1.54, 1.807) is 11.1 Å². The minimum Gasteiger partial charge on any atom is -0.205 e. The molecule has 0 aliphatic carbocycles. The molecule has 2 rings (SSSR count). The Labute approximate surface area is 231 Å². The smallest absolute Gasteiger partial charge is 0.172 e. The van der Waals surface area contributed by atoms with Crippen LogP contribution >= 0.6 is 0 Å². The largest absolute Gasteiger partial charge is 0.205 e. The molecule has 37 heavy (non-hydrogen) atoms. The molecular weight excluding hydrogens is 446 g/mol. The van der Waals surface area contributed by atoms with Gasteiger partial charge >= 0.3 is 0 Å². The first-order valence-electron chi connectivity index (χ1n) is 16.4. The van der Waals surface area contributed by atoms with E-state index in [4.69, 9.17) is 0 Å². The average molecular weight is 507 g/mol. The number of nitrogens with zero attached hydrogens (tertiary/aromatic N) is 1. The lowest BCUT2D eigenvalue weighted by molar-refractivity contribution is -0.697. The summed E-state index contributed by atoms with van der Waals surface area (Å²) in [4.78, 5) is 0. The molecule has 0 atom stereocenters. The number of benzene rings is 1. The second-order valence-corrected chi connectivity index (χ2v) is 11.5. The van der Waals surface area contributed by atoms with Gasteiger partial charge in [-0.15, -0.1) is 0 Å². The molecule has 0 fully saturated rings. The number of unbranched alkanes of at least 4 members (excludes halogenated alkanes) is 16. The van der Waals surface area contributed by atoms with Crippen LogP contribution in [0.3, 0.4) is 0 Å². The lowest BCUT2D eigenvalue weighted by Gasteiger charge is -2.10. The topological polar surface area (TPSA) is 3.88 Å². The van der Waals surface area contributed by atoms with Gasteiger partial charge in [0.25, 0.3) is 0 Å². The first-order valence-corrected chi connectivity index (χ1v) is 16.4. The van der Waals surface area contributed by atoms with E-state index in [-0.39, 0.29) is 0 Å². The monoisotopic (exact) mass is 506 g/mol. The molecule has 0 saturated heterocycles. The number of aromatic nitrogens is 1. The van der Waals surface area contributed by atoms with Crippen LogP contribution in [0.25, 0.3) is 0 Å². The van der Waals surface area contributed by atoms with Crippen LogP contribution in [0.5, 0.6) is 0 Å². The van der Waals surface area contributed by atoms with Crippen molar-refractivity contribution in [2.75, 3.05) is 0 Å². The third-order valence-electron chi connectivity index (χ3n) is 8.03. The van der Waals surface area contributed by atoms with Crippen molar-refractivity contribution in [3.63, 3.8) is 0 Å². The van der Waals surface area contributed by atoms with Crippen LogP contribution in [-0.2, 0) is 25.8 Å². The Morgan fingerprint density at radius 1 is 0.459 bits per heavy atom. The Bertz CT molecular complexity index is 765. The highest BCUT2D eigenvalue weighted by Crippen LogP contribution is 2.17. The molecule has 0 aliphatic rings. The molecule has 1 aromatic carbocycles. The van der Waals surface area contributed by atoms with Gasteiger partial charge in [-0.25, -0.2) is 4.57 Å². The molecule has 0 amide bonds. The predicted octanol–water partition coefficient (Wildman–Crippen LogP) is 10.8. The Balaban J connectivity index is 1.75. The molecule has 0 N–H and O–H groups in total. The van der Waals surface area contributed by atoms with E-state index in [1.807, 2.05) is 0 Å². The lowest BCUT2D eigenvalue weighted by atomic mass is 9.97. The first kappa shape index (κ1) is 31.6. The molecule has 0 unspecified atom stereocenters. The summed E-state index contributed by atoms with van der Waals surface area (Å²) in [5.74, 6) is 0. The minimum absolute atomic E-state index is 1.12. The molecule has 1 nitrogen and oxygen atoms in total. The maximum atomic E-state index is 2.50. The van der Waals surface area contributed by atoms with E-state index in [9.17, 15) is 0 Å². The van der Waals surface area contributed by atoms with Gasteiger partial charge in [0, 0.05) is 18.1 Å². The summed E-state index contributed by atoms with van der Waals surface area (Å²) in [6, 6.07) is 13.4. The zero-order valence-electron chi connectivity index (χ0n) is 24.8. The fourth-order valence-electron chi connectivity index (χ4n) is 5.59. The fraction of sp³-hybridized carbons (Fsp3) is 0.694. The molecule has 1 heterocycles. The third kappa shape index (κ3) is 16.0. The Morgan fingerprint density at radius 2 is 0.946 bits per heavy atom. The lowest BCUT2D eigenvalue weighted by Crippen LogP contribution is -2.34. The Morgan fingerprint density at radius 3 is 1.49 bits per heavy atom. The second kappa shape index (κ2) is 22.4. The molecule has 2 aromatic rings. The molecule has 0 bridgehead atoms. The van der Waals surface area contributed by atoms with Crippen molar-refractivity contribution < 1.29 is 4.57 Å². The van der Waals surface area contributed by atoms with Crippen molar-refractivity contribution in [3.8, 4) is 0 Å². The highest BCUT2D eigenvalue weighted by Gasteiger charge is 2.10. The summed E-state index contributed by atoms with van der Waals surface area (Å²) in [5.41, 5.74) is 4.71. The molecule has 0 radical (unpaired) electrons. The van der Waals surface area contributed by atoms with Gasteiger partial charge in [0.05, 0.1) is 0 Å². The Hall–Kier alpha value is -1.63. The Kier molecular flexibility index (Phi) is 19.1. The predicted molar refractivity (Wildman–Crippen MR) is 163 cm³/mol. The molecule has 208 valence electrons. The van der Waals surface area contributed by atoms with Crippen molar-refractivity contribution >= 4 is 0 Å². The van der Waals surface area contributed by atoms with E-state index in [1.165, 1.54) is 147 Å². The minimum atomic E-state index is 1.12. The highest BCUT2D eigenvalue weighted by molar-refractivity contribution is 5.21. The maximum absolute atomic E-state index is 2.50. The average Bonchev–Trinajstić information content (AvgIpc) is 2.92. The van der Waals surface area contributed by atoms with Crippen LogP contribution in [-0.4, -0.2) is 0 Å². The highest BCUT2D eigenvalue weighted by atomic mass is 14.9. The molecule has 1 heteroatoms. The summed E-state index contributed by atoms with van der Waals surface area (Å²) < 4.78 is 2.46. The molecule has 0 saturated carbocycles. The van der Waals surface area contributed by atoms with Crippen molar-refractivity contribution in [1.29, 1.82) is 0 Å². The number of aryl methyl sites for hydroxylation is 4. The zero-order valence-corrected chi connectivity index (χ0v) is 24.8. The van der Waals surface area contributed by atoms with Crippen LogP contribution in [0.4, 0.5) is 0 Å². The number of hydrogen-bond donors (Lipinski definition) is 0. The van der Waals surface area contributed by atoms with Crippen LogP contribution in [0.15, 0.2) is 48.8 Å². The number of hydrogen-bond acceptors (Lipinski definition) is 0. The van der Waals surface area contributed by atoms with E-state index >= 15 is 0 Å². The van der Waals surface area contributed by atoms with E-state index in [0.29, 0.717) is 0 Å². The van der Waals surface area contributed by atoms with Gasteiger partial charge in [-0.3, -0.25) is 0 Å². The van der Waals surface area contributed by atoms with Crippen LogP contribution in [0.1, 0.15) is 153 Å². The molecule has 0 spiro atoms. The van der Waals surface area contributed by atoms with Crippen molar-refractivity contribution in [2.24, 2.45) is 0 Å². The van der Waals surface area contributed by atoms with Crippen LogP contribution in [0, 0.1) is 0 Å². The number of pyridine rings is 1. The SMILES string of the molecule is CCCCCCCCCCCc1cc[n+](CCCc2ccccc2)cc1CCCCCCCCCCC. The van der Waals surface area contributed by atoms with Crippen LogP contribution < -0.4 is 4.57 Å². The van der Waals surface area contributed by atoms with Crippen molar-refractivity contribution in [3.05, 3.63) is 65.5 Å². The zero-order chi connectivity index (χ0) is 26.2. The van der Waals surface area contributed by atoms with E-state index in [2.05, 4.69) is 67.2 Å². The van der Waals surface area contributed by atoms with Gasteiger partial charge in [0.1, 0.15) is 6.54 Å². The summed E-state index contributed by atoms with van der Waals surface area (Å²) in [7, 11) is 0. The molecule has 0 aliphatic heterocycles. The number of rotatable bonds is 24.